The molecule has 0 saturated carbocycles. The number of aromatic nitrogens is 2. The number of hydrogen-bond donors (Lipinski definition) is 1. The van der Waals surface area contributed by atoms with Crippen molar-refractivity contribution in [3.05, 3.63) is 53.3 Å². The fourth-order valence-electron chi connectivity index (χ4n) is 3.24. The van der Waals surface area contributed by atoms with Crippen molar-refractivity contribution in [2.24, 2.45) is 0 Å². The summed E-state index contributed by atoms with van der Waals surface area (Å²) in [5.41, 5.74) is 2.81. The zero-order valence-electron chi connectivity index (χ0n) is 14.4. The summed E-state index contributed by atoms with van der Waals surface area (Å²) in [7, 11) is 0. The maximum atomic E-state index is 12.6. The third-order valence-electron chi connectivity index (χ3n) is 4.58. The highest BCUT2D eigenvalue weighted by atomic mass is 16.5. The van der Waals surface area contributed by atoms with Crippen LogP contribution in [0, 0.1) is 0 Å². The number of benzene rings is 1. The van der Waals surface area contributed by atoms with Gasteiger partial charge in [0.1, 0.15) is 0 Å². The molecule has 1 saturated heterocycles. The first kappa shape index (κ1) is 16.7. The van der Waals surface area contributed by atoms with Gasteiger partial charge in [-0.25, -0.2) is 0 Å². The van der Waals surface area contributed by atoms with Crippen LogP contribution in [0.1, 0.15) is 48.3 Å². The summed E-state index contributed by atoms with van der Waals surface area (Å²) in [4.78, 5) is 12.6. The molecule has 0 spiro atoms. The molecule has 1 amide bonds. The zero-order chi connectivity index (χ0) is 16.9. The second-order valence-corrected chi connectivity index (χ2v) is 6.32. The second-order valence-electron chi connectivity index (χ2n) is 6.32. The van der Waals surface area contributed by atoms with Gasteiger partial charge in [-0.1, -0.05) is 37.3 Å². The third-order valence-corrected chi connectivity index (χ3v) is 4.58. The van der Waals surface area contributed by atoms with Crippen molar-refractivity contribution in [1.82, 2.24) is 15.1 Å². The van der Waals surface area contributed by atoms with E-state index in [1.54, 1.807) is 6.20 Å². The SMILES string of the molecule is CCc1c(C(=O)NC(C)C2CCCO2)cnn1Cc1ccccc1. The maximum Gasteiger partial charge on any atom is 0.255 e. The standard InChI is InChI=1S/C19H25N3O2/c1-3-17-16(19(23)21-14(2)18-10-7-11-24-18)12-20-22(17)13-15-8-5-4-6-9-15/h4-6,8-9,12,14,18H,3,7,10-11,13H2,1-2H3,(H,21,23). The molecule has 0 aliphatic carbocycles. The van der Waals surface area contributed by atoms with Crippen LogP contribution in [0.2, 0.25) is 0 Å². The van der Waals surface area contributed by atoms with Gasteiger partial charge in [-0.15, -0.1) is 0 Å². The first-order valence-corrected chi connectivity index (χ1v) is 8.70. The van der Waals surface area contributed by atoms with Gasteiger partial charge in [0.15, 0.2) is 0 Å². The van der Waals surface area contributed by atoms with Crippen LogP contribution in [-0.4, -0.2) is 34.4 Å². The molecule has 2 unspecified atom stereocenters. The molecule has 5 heteroatoms. The van der Waals surface area contributed by atoms with Crippen molar-refractivity contribution in [2.45, 2.75) is 51.8 Å². The molecule has 24 heavy (non-hydrogen) atoms. The van der Waals surface area contributed by atoms with E-state index in [-0.39, 0.29) is 18.1 Å². The lowest BCUT2D eigenvalue weighted by molar-refractivity contribution is 0.0711. The third kappa shape index (κ3) is 3.67. The Morgan fingerprint density at radius 3 is 2.88 bits per heavy atom. The van der Waals surface area contributed by atoms with Crippen LogP contribution in [0.15, 0.2) is 36.5 Å². The average molecular weight is 327 g/mol. The molecular formula is C19H25N3O2. The van der Waals surface area contributed by atoms with Crippen LogP contribution in [0.3, 0.4) is 0 Å². The van der Waals surface area contributed by atoms with Gasteiger partial charge in [0, 0.05) is 6.61 Å². The first-order valence-electron chi connectivity index (χ1n) is 8.70. The van der Waals surface area contributed by atoms with Crippen molar-refractivity contribution in [3.8, 4) is 0 Å². The number of ether oxygens (including phenoxy) is 1. The molecule has 1 aliphatic rings. The lowest BCUT2D eigenvalue weighted by Gasteiger charge is -2.20. The predicted octanol–water partition coefficient (Wildman–Crippen LogP) is 2.79. The minimum atomic E-state index is -0.0610. The monoisotopic (exact) mass is 327 g/mol. The number of amides is 1. The fraction of sp³-hybridized carbons (Fsp3) is 0.474. The van der Waals surface area contributed by atoms with Crippen LogP contribution >= 0.6 is 0 Å². The quantitative estimate of drug-likeness (QED) is 0.887. The number of nitrogens with one attached hydrogen (secondary N) is 1. The summed E-state index contributed by atoms with van der Waals surface area (Å²) in [6.45, 7) is 5.53. The Labute approximate surface area is 143 Å². The van der Waals surface area contributed by atoms with Gasteiger partial charge in [-0.05, 0) is 31.7 Å². The molecule has 1 aromatic heterocycles. The smallest absolute Gasteiger partial charge is 0.255 e. The number of hydrogen-bond acceptors (Lipinski definition) is 3. The van der Waals surface area contributed by atoms with Crippen molar-refractivity contribution in [3.63, 3.8) is 0 Å². The molecule has 1 fully saturated rings. The molecule has 1 aromatic carbocycles. The molecule has 1 N–H and O–H groups in total. The predicted molar refractivity (Wildman–Crippen MR) is 93.1 cm³/mol. The average Bonchev–Trinajstić information content (AvgIpc) is 3.25. The van der Waals surface area contributed by atoms with E-state index in [2.05, 4.69) is 29.5 Å². The van der Waals surface area contributed by atoms with Gasteiger partial charge < -0.3 is 10.1 Å². The summed E-state index contributed by atoms with van der Waals surface area (Å²) >= 11 is 0. The molecule has 0 bridgehead atoms. The number of carbonyl (C=O) groups is 1. The van der Waals surface area contributed by atoms with E-state index in [0.717, 1.165) is 31.6 Å². The van der Waals surface area contributed by atoms with Gasteiger partial charge in [0.25, 0.3) is 5.91 Å². The lowest BCUT2D eigenvalue weighted by atomic mass is 10.1. The molecule has 0 radical (unpaired) electrons. The lowest BCUT2D eigenvalue weighted by Crippen LogP contribution is -2.41. The van der Waals surface area contributed by atoms with Gasteiger partial charge in [-0.2, -0.15) is 5.10 Å². The van der Waals surface area contributed by atoms with Crippen molar-refractivity contribution < 1.29 is 9.53 Å². The van der Waals surface area contributed by atoms with Crippen LogP contribution in [0.25, 0.3) is 0 Å². The minimum absolute atomic E-state index is 0.0159. The van der Waals surface area contributed by atoms with Crippen LogP contribution < -0.4 is 5.32 Å². The Kier molecular flexibility index (Phi) is 5.30. The first-order chi connectivity index (χ1) is 11.7. The number of carbonyl (C=O) groups excluding carboxylic acids is 1. The Bertz CT molecular complexity index is 675. The summed E-state index contributed by atoms with van der Waals surface area (Å²) < 4.78 is 7.57. The topological polar surface area (TPSA) is 56.1 Å². The molecule has 2 aromatic rings. The van der Waals surface area contributed by atoms with Crippen molar-refractivity contribution in [2.75, 3.05) is 6.61 Å². The largest absolute Gasteiger partial charge is 0.376 e. The van der Waals surface area contributed by atoms with Gasteiger partial charge in [-0.3, -0.25) is 9.48 Å². The molecular weight excluding hydrogens is 302 g/mol. The van der Waals surface area contributed by atoms with E-state index in [0.29, 0.717) is 12.1 Å². The normalized spacial score (nSPS) is 18.5. The van der Waals surface area contributed by atoms with Crippen molar-refractivity contribution in [1.29, 1.82) is 0 Å². The number of nitrogens with zero attached hydrogens (tertiary/aromatic N) is 2. The molecule has 5 nitrogen and oxygen atoms in total. The van der Waals surface area contributed by atoms with Crippen molar-refractivity contribution >= 4 is 5.91 Å². The van der Waals surface area contributed by atoms with Gasteiger partial charge in [0.2, 0.25) is 0 Å². The molecule has 2 heterocycles. The molecule has 3 rings (SSSR count). The van der Waals surface area contributed by atoms with E-state index in [1.165, 1.54) is 5.56 Å². The van der Waals surface area contributed by atoms with E-state index >= 15 is 0 Å². The Balaban J connectivity index is 1.72. The van der Waals surface area contributed by atoms with E-state index in [4.69, 9.17) is 4.74 Å². The summed E-state index contributed by atoms with van der Waals surface area (Å²) in [6.07, 6.45) is 4.65. The highest BCUT2D eigenvalue weighted by Crippen LogP contribution is 2.17. The summed E-state index contributed by atoms with van der Waals surface area (Å²) in [6, 6.07) is 10.2. The van der Waals surface area contributed by atoms with Crippen LogP contribution in [-0.2, 0) is 17.7 Å². The summed E-state index contributed by atoms with van der Waals surface area (Å²) in [5.74, 6) is -0.0610. The molecule has 1 aliphatic heterocycles. The van der Waals surface area contributed by atoms with E-state index in [1.807, 2.05) is 29.8 Å². The number of rotatable bonds is 6. The maximum absolute atomic E-state index is 12.6. The second kappa shape index (κ2) is 7.62. The Hall–Kier alpha value is -2.14. The highest BCUT2D eigenvalue weighted by Gasteiger charge is 2.25. The Morgan fingerprint density at radius 2 is 2.21 bits per heavy atom. The Morgan fingerprint density at radius 1 is 1.42 bits per heavy atom. The van der Waals surface area contributed by atoms with E-state index in [9.17, 15) is 4.79 Å². The zero-order valence-corrected chi connectivity index (χ0v) is 14.4. The van der Waals surface area contributed by atoms with Crippen LogP contribution in [0.5, 0.6) is 0 Å². The highest BCUT2D eigenvalue weighted by molar-refractivity contribution is 5.95. The van der Waals surface area contributed by atoms with Crippen LogP contribution in [0.4, 0.5) is 0 Å². The molecule has 128 valence electrons. The minimum Gasteiger partial charge on any atom is -0.376 e. The van der Waals surface area contributed by atoms with Gasteiger partial charge in [0.05, 0.1) is 36.1 Å². The van der Waals surface area contributed by atoms with Gasteiger partial charge >= 0.3 is 0 Å². The molecule has 2 atom stereocenters. The summed E-state index contributed by atoms with van der Waals surface area (Å²) in [5, 5.41) is 7.51. The fourth-order valence-corrected chi connectivity index (χ4v) is 3.24. The van der Waals surface area contributed by atoms with E-state index < -0.39 is 0 Å².